The van der Waals surface area contributed by atoms with E-state index < -0.39 is 0 Å². The van der Waals surface area contributed by atoms with E-state index in [0.29, 0.717) is 11.8 Å². The summed E-state index contributed by atoms with van der Waals surface area (Å²) in [6, 6.07) is 0. The molecule has 1 atom stereocenters. The molecule has 0 radical (unpaired) electrons. The van der Waals surface area contributed by atoms with Gasteiger partial charge in [0.2, 0.25) is 0 Å². The smallest absolute Gasteiger partial charge is 0.137 e. The molecule has 3 N–H and O–H groups in total. The largest absolute Gasteiger partial charge is 0.330 e. The van der Waals surface area contributed by atoms with Crippen LogP contribution in [0.3, 0.4) is 0 Å². The second kappa shape index (κ2) is 5.75. The molecule has 1 rings (SSSR count). The molecule has 0 fully saturated rings. The van der Waals surface area contributed by atoms with Gasteiger partial charge < -0.3 is 5.73 Å². The molecular weight excluding hydrogens is 176 g/mol. The van der Waals surface area contributed by atoms with Crippen LogP contribution in [0.25, 0.3) is 0 Å². The zero-order chi connectivity index (χ0) is 10.4. The topological polar surface area (TPSA) is 67.6 Å². The maximum atomic E-state index is 5.58. The number of aromatic amines is 1. The Hall–Kier alpha value is -0.900. The molecule has 1 heterocycles. The summed E-state index contributed by atoms with van der Waals surface area (Å²) < 4.78 is 0. The Kier molecular flexibility index (Phi) is 4.59. The number of aryl methyl sites for hydroxylation is 1. The fourth-order valence-corrected chi connectivity index (χ4v) is 1.70. The first-order chi connectivity index (χ1) is 6.74. The number of hydrogen-bond acceptors (Lipinski definition) is 3. The van der Waals surface area contributed by atoms with Gasteiger partial charge in [-0.3, -0.25) is 5.10 Å². The maximum Gasteiger partial charge on any atom is 0.137 e. The van der Waals surface area contributed by atoms with Crippen LogP contribution in [-0.4, -0.2) is 21.7 Å². The van der Waals surface area contributed by atoms with Crippen molar-refractivity contribution < 1.29 is 0 Å². The molecule has 0 aliphatic rings. The van der Waals surface area contributed by atoms with Crippen LogP contribution in [0.2, 0.25) is 0 Å². The Morgan fingerprint density at radius 2 is 2.21 bits per heavy atom. The van der Waals surface area contributed by atoms with Crippen LogP contribution >= 0.6 is 0 Å². The highest BCUT2D eigenvalue weighted by atomic mass is 15.2. The molecule has 1 aromatic heterocycles. The lowest BCUT2D eigenvalue weighted by Gasteiger charge is -2.19. The summed E-state index contributed by atoms with van der Waals surface area (Å²) in [6.07, 6.45) is 4.78. The Bertz CT molecular complexity index is 230. The minimum atomic E-state index is 0.696. The summed E-state index contributed by atoms with van der Waals surface area (Å²) in [5, 5.41) is 6.71. The van der Waals surface area contributed by atoms with Crippen molar-refractivity contribution in [2.24, 2.45) is 17.6 Å². The van der Waals surface area contributed by atoms with Gasteiger partial charge in [0.1, 0.15) is 12.2 Å². The van der Waals surface area contributed by atoms with Gasteiger partial charge in [-0.25, -0.2) is 4.98 Å². The highest BCUT2D eigenvalue weighted by molar-refractivity contribution is 4.81. The summed E-state index contributed by atoms with van der Waals surface area (Å²) in [4.78, 5) is 4.11. The Morgan fingerprint density at radius 3 is 2.71 bits per heavy atom. The lowest BCUT2D eigenvalue weighted by molar-refractivity contribution is 0.339. The fourth-order valence-electron chi connectivity index (χ4n) is 1.70. The van der Waals surface area contributed by atoms with Crippen LogP contribution in [0.5, 0.6) is 0 Å². The van der Waals surface area contributed by atoms with Crippen LogP contribution in [0.4, 0.5) is 0 Å². The molecule has 80 valence electrons. The first-order valence-corrected chi connectivity index (χ1v) is 5.28. The van der Waals surface area contributed by atoms with Gasteiger partial charge in [0, 0.05) is 6.42 Å². The highest BCUT2D eigenvalue weighted by Crippen LogP contribution is 2.19. The lowest BCUT2D eigenvalue weighted by Crippen LogP contribution is -2.15. The summed E-state index contributed by atoms with van der Waals surface area (Å²) in [5.41, 5.74) is 5.58. The zero-order valence-corrected chi connectivity index (χ0v) is 9.03. The van der Waals surface area contributed by atoms with Crippen LogP contribution in [-0.2, 0) is 6.42 Å². The number of aromatic nitrogens is 3. The first-order valence-electron chi connectivity index (χ1n) is 5.28. The number of nitrogens with two attached hydrogens (primary N) is 1. The van der Waals surface area contributed by atoms with Gasteiger partial charge >= 0.3 is 0 Å². The Balaban J connectivity index is 2.33. The van der Waals surface area contributed by atoms with Crippen LogP contribution in [0.1, 0.15) is 32.5 Å². The molecule has 0 aliphatic carbocycles. The highest BCUT2D eigenvalue weighted by Gasteiger charge is 2.12. The van der Waals surface area contributed by atoms with Gasteiger partial charge in [-0.2, -0.15) is 5.10 Å². The SMILES string of the molecule is CC(C)C(CCN)CCc1ncn[nH]1. The van der Waals surface area contributed by atoms with Crippen molar-refractivity contribution in [1.29, 1.82) is 0 Å². The molecule has 1 unspecified atom stereocenters. The van der Waals surface area contributed by atoms with Crippen molar-refractivity contribution in [3.63, 3.8) is 0 Å². The minimum absolute atomic E-state index is 0.696. The average Bonchev–Trinajstić information content (AvgIpc) is 2.64. The molecule has 4 heteroatoms. The molecule has 0 aromatic carbocycles. The second-order valence-electron chi connectivity index (χ2n) is 4.05. The van der Waals surface area contributed by atoms with E-state index in [4.69, 9.17) is 5.73 Å². The van der Waals surface area contributed by atoms with E-state index in [1.54, 1.807) is 6.33 Å². The normalized spacial score (nSPS) is 13.4. The molecule has 0 amide bonds. The molecule has 0 saturated carbocycles. The summed E-state index contributed by atoms with van der Waals surface area (Å²) in [5.74, 6) is 2.37. The van der Waals surface area contributed by atoms with Gasteiger partial charge in [-0.05, 0) is 31.2 Å². The Morgan fingerprint density at radius 1 is 1.43 bits per heavy atom. The van der Waals surface area contributed by atoms with Crippen LogP contribution in [0.15, 0.2) is 6.33 Å². The predicted molar refractivity (Wildman–Crippen MR) is 56.7 cm³/mol. The minimum Gasteiger partial charge on any atom is -0.330 e. The zero-order valence-electron chi connectivity index (χ0n) is 9.03. The van der Waals surface area contributed by atoms with E-state index in [9.17, 15) is 0 Å². The number of H-pyrrole nitrogens is 1. The van der Waals surface area contributed by atoms with E-state index in [1.165, 1.54) is 0 Å². The van der Waals surface area contributed by atoms with Crippen molar-refractivity contribution in [1.82, 2.24) is 15.2 Å². The van der Waals surface area contributed by atoms with Crippen molar-refractivity contribution in [2.75, 3.05) is 6.54 Å². The average molecular weight is 196 g/mol. The van der Waals surface area contributed by atoms with Crippen molar-refractivity contribution in [2.45, 2.75) is 33.1 Å². The third kappa shape index (κ3) is 3.46. The number of hydrogen-bond donors (Lipinski definition) is 2. The van der Waals surface area contributed by atoms with Gasteiger partial charge in [-0.15, -0.1) is 0 Å². The fraction of sp³-hybridized carbons (Fsp3) is 0.800. The number of nitrogens with one attached hydrogen (secondary N) is 1. The van der Waals surface area contributed by atoms with E-state index in [2.05, 4.69) is 29.0 Å². The monoisotopic (exact) mass is 196 g/mol. The van der Waals surface area contributed by atoms with Gasteiger partial charge in [0.15, 0.2) is 0 Å². The molecule has 14 heavy (non-hydrogen) atoms. The summed E-state index contributed by atoms with van der Waals surface area (Å²) >= 11 is 0. The molecule has 4 nitrogen and oxygen atoms in total. The molecule has 0 bridgehead atoms. The molecular formula is C10H20N4. The Labute approximate surface area is 85.3 Å². The molecule has 1 aromatic rings. The van der Waals surface area contributed by atoms with E-state index in [0.717, 1.165) is 31.6 Å². The number of nitrogens with zero attached hydrogens (tertiary/aromatic N) is 2. The quantitative estimate of drug-likeness (QED) is 0.722. The van der Waals surface area contributed by atoms with E-state index in [-0.39, 0.29) is 0 Å². The van der Waals surface area contributed by atoms with Crippen LogP contribution < -0.4 is 5.73 Å². The van der Waals surface area contributed by atoms with Crippen LogP contribution in [0, 0.1) is 11.8 Å². The van der Waals surface area contributed by atoms with Gasteiger partial charge in [-0.1, -0.05) is 13.8 Å². The predicted octanol–water partition coefficient (Wildman–Crippen LogP) is 1.36. The first kappa shape index (κ1) is 11.2. The lowest BCUT2D eigenvalue weighted by atomic mass is 9.88. The third-order valence-corrected chi connectivity index (χ3v) is 2.70. The molecule has 0 saturated heterocycles. The van der Waals surface area contributed by atoms with Crippen molar-refractivity contribution in [3.05, 3.63) is 12.2 Å². The standard InChI is InChI=1S/C10H20N4/c1-8(2)9(5-6-11)3-4-10-12-7-13-14-10/h7-9H,3-6,11H2,1-2H3,(H,12,13,14). The second-order valence-corrected chi connectivity index (χ2v) is 4.05. The third-order valence-electron chi connectivity index (χ3n) is 2.70. The summed E-state index contributed by atoms with van der Waals surface area (Å²) in [7, 11) is 0. The van der Waals surface area contributed by atoms with E-state index in [1.807, 2.05) is 0 Å². The molecule has 0 spiro atoms. The van der Waals surface area contributed by atoms with E-state index >= 15 is 0 Å². The van der Waals surface area contributed by atoms with Gasteiger partial charge in [0.25, 0.3) is 0 Å². The number of rotatable bonds is 6. The van der Waals surface area contributed by atoms with Crippen molar-refractivity contribution in [3.8, 4) is 0 Å². The van der Waals surface area contributed by atoms with Gasteiger partial charge in [0.05, 0.1) is 0 Å². The molecule has 0 aliphatic heterocycles. The van der Waals surface area contributed by atoms with Crippen molar-refractivity contribution >= 4 is 0 Å². The maximum absolute atomic E-state index is 5.58. The summed E-state index contributed by atoms with van der Waals surface area (Å²) in [6.45, 7) is 5.28.